The van der Waals surface area contributed by atoms with Crippen molar-refractivity contribution in [3.63, 3.8) is 0 Å². The SMILES string of the molecule is CSCC[C@H](CO)NC(=O)[C@H](Cc1ccccc1)N1Cc2ccccc2C1=O. The molecular weight excluding hydrogens is 372 g/mol. The minimum Gasteiger partial charge on any atom is -0.394 e. The van der Waals surface area contributed by atoms with Gasteiger partial charge in [-0.3, -0.25) is 9.59 Å². The van der Waals surface area contributed by atoms with Gasteiger partial charge in [0.25, 0.3) is 5.91 Å². The third-order valence-electron chi connectivity index (χ3n) is 5.04. The summed E-state index contributed by atoms with van der Waals surface area (Å²) in [7, 11) is 0. The quantitative estimate of drug-likeness (QED) is 0.681. The molecule has 0 aliphatic carbocycles. The minimum atomic E-state index is -0.620. The monoisotopic (exact) mass is 398 g/mol. The van der Waals surface area contributed by atoms with Crippen molar-refractivity contribution in [2.24, 2.45) is 0 Å². The summed E-state index contributed by atoms with van der Waals surface area (Å²) in [6.45, 7) is 0.313. The molecule has 0 radical (unpaired) electrons. The second kappa shape index (κ2) is 9.75. The Bertz CT molecular complexity index is 812. The maximum atomic E-state index is 13.1. The molecule has 0 aromatic heterocycles. The van der Waals surface area contributed by atoms with E-state index in [1.165, 1.54) is 0 Å². The van der Waals surface area contributed by atoms with Crippen molar-refractivity contribution < 1.29 is 14.7 Å². The van der Waals surface area contributed by atoms with E-state index < -0.39 is 6.04 Å². The maximum absolute atomic E-state index is 13.1. The second-order valence-electron chi connectivity index (χ2n) is 6.97. The predicted molar refractivity (Wildman–Crippen MR) is 112 cm³/mol. The molecule has 148 valence electrons. The van der Waals surface area contributed by atoms with Crippen molar-refractivity contribution in [3.8, 4) is 0 Å². The van der Waals surface area contributed by atoms with Crippen LogP contribution in [0.2, 0.25) is 0 Å². The lowest BCUT2D eigenvalue weighted by molar-refractivity contribution is -0.126. The van der Waals surface area contributed by atoms with Crippen LogP contribution in [0.5, 0.6) is 0 Å². The second-order valence-corrected chi connectivity index (χ2v) is 7.95. The summed E-state index contributed by atoms with van der Waals surface area (Å²) in [5, 5.41) is 12.6. The van der Waals surface area contributed by atoms with Crippen LogP contribution in [0, 0.1) is 0 Å². The molecule has 6 heteroatoms. The summed E-state index contributed by atoms with van der Waals surface area (Å²) < 4.78 is 0. The van der Waals surface area contributed by atoms with E-state index in [9.17, 15) is 14.7 Å². The number of fused-ring (bicyclic) bond motifs is 1. The largest absolute Gasteiger partial charge is 0.394 e. The number of thioether (sulfide) groups is 1. The van der Waals surface area contributed by atoms with E-state index >= 15 is 0 Å². The van der Waals surface area contributed by atoms with E-state index in [0.717, 1.165) is 16.9 Å². The molecule has 0 spiro atoms. The highest BCUT2D eigenvalue weighted by Gasteiger charge is 2.36. The molecule has 0 saturated carbocycles. The van der Waals surface area contributed by atoms with Crippen LogP contribution in [0.4, 0.5) is 0 Å². The molecule has 5 nitrogen and oxygen atoms in total. The lowest BCUT2D eigenvalue weighted by Gasteiger charge is -2.29. The molecule has 3 rings (SSSR count). The zero-order chi connectivity index (χ0) is 19.9. The van der Waals surface area contributed by atoms with Crippen LogP contribution in [0.15, 0.2) is 54.6 Å². The van der Waals surface area contributed by atoms with Gasteiger partial charge in [-0.15, -0.1) is 0 Å². The lowest BCUT2D eigenvalue weighted by atomic mass is 10.0. The maximum Gasteiger partial charge on any atom is 0.255 e. The highest BCUT2D eigenvalue weighted by Crippen LogP contribution is 2.26. The van der Waals surface area contributed by atoms with Gasteiger partial charge < -0.3 is 15.3 Å². The van der Waals surface area contributed by atoms with Crippen molar-refractivity contribution in [2.75, 3.05) is 18.6 Å². The number of aliphatic hydroxyl groups excluding tert-OH is 1. The van der Waals surface area contributed by atoms with E-state index in [2.05, 4.69) is 5.32 Å². The van der Waals surface area contributed by atoms with E-state index in [4.69, 9.17) is 0 Å². The number of nitrogens with one attached hydrogen (secondary N) is 1. The van der Waals surface area contributed by atoms with Crippen molar-refractivity contribution >= 4 is 23.6 Å². The average molecular weight is 399 g/mol. The Kier molecular flexibility index (Phi) is 7.12. The highest BCUT2D eigenvalue weighted by molar-refractivity contribution is 7.98. The Balaban J connectivity index is 1.81. The molecule has 0 saturated heterocycles. The molecule has 1 aliphatic rings. The number of hydrogen-bond acceptors (Lipinski definition) is 4. The summed E-state index contributed by atoms with van der Waals surface area (Å²) in [5.41, 5.74) is 2.60. The third-order valence-corrected chi connectivity index (χ3v) is 5.68. The summed E-state index contributed by atoms with van der Waals surface area (Å²) in [4.78, 5) is 27.7. The molecule has 0 fully saturated rings. The van der Waals surface area contributed by atoms with E-state index in [0.29, 0.717) is 24.9 Å². The number of carbonyl (C=O) groups is 2. The van der Waals surface area contributed by atoms with E-state index in [1.54, 1.807) is 16.7 Å². The number of nitrogens with zero attached hydrogens (tertiary/aromatic N) is 1. The number of rotatable bonds is 9. The molecule has 1 aliphatic heterocycles. The van der Waals surface area contributed by atoms with Crippen molar-refractivity contribution in [1.82, 2.24) is 10.2 Å². The number of carbonyl (C=O) groups excluding carboxylic acids is 2. The fourth-order valence-corrected chi connectivity index (χ4v) is 4.00. The van der Waals surface area contributed by atoms with Gasteiger partial charge in [0, 0.05) is 18.5 Å². The normalized spacial score (nSPS) is 15.2. The van der Waals surface area contributed by atoms with Gasteiger partial charge in [-0.2, -0.15) is 11.8 Å². The molecule has 2 amide bonds. The Morgan fingerprint density at radius 3 is 2.57 bits per heavy atom. The van der Waals surface area contributed by atoms with Crippen LogP contribution >= 0.6 is 11.8 Å². The Morgan fingerprint density at radius 1 is 1.18 bits per heavy atom. The smallest absolute Gasteiger partial charge is 0.255 e. The lowest BCUT2D eigenvalue weighted by Crippen LogP contribution is -2.51. The van der Waals surface area contributed by atoms with Gasteiger partial charge in [-0.25, -0.2) is 0 Å². The van der Waals surface area contributed by atoms with Crippen LogP contribution in [-0.4, -0.2) is 52.5 Å². The standard InChI is InChI=1S/C22H26N2O3S/c1-28-12-11-18(15-25)23-21(26)20(13-16-7-3-2-4-8-16)24-14-17-9-5-6-10-19(17)22(24)27/h2-10,18,20,25H,11-15H2,1H3,(H,23,26)/t18-,20+/m1/s1. The molecule has 0 unspecified atom stereocenters. The Hall–Kier alpha value is -2.31. The van der Waals surface area contributed by atoms with Crippen molar-refractivity contribution in [3.05, 3.63) is 71.3 Å². The molecule has 28 heavy (non-hydrogen) atoms. The molecule has 2 aromatic carbocycles. The van der Waals surface area contributed by atoms with Gasteiger partial charge in [0.15, 0.2) is 0 Å². The van der Waals surface area contributed by atoms with Crippen molar-refractivity contribution in [1.29, 1.82) is 0 Å². The number of aliphatic hydroxyl groups is 1. The van der Waals surface area contributed by atoms with E-state index in [1.807, 2.05) is 60.9 Å². The average Bonchev–Trinajstić information content (AvgIpc) is 3.06. The van der Waals surface area contributed by atoms with Crippen LogP contribution in [-0.2, 0) is 17.8 Å². The zero-order valence-corrected chi connectivity index (χ0v) is 16.8. The highest BCUT2D eigenvalue weighted by atomic mass is 32.2. The Morgan fingerprint density at radius 2 is 1.89 bits per heavy atom. The molecule has 2 N–H and O–H groups in total. The first-order chi connectivity index (χ1) is 13.6. The van der Waals surface area contributed by atoms with Crippen molar-refractivity contribution in [2.45, 2.75) is 31.5 Å². The number of amides is 2. The fraction of sp³-hybridized carbons (Fsp3) is 0.364. The van der Waals surface area contributed by atoms with Gasteiger partial charge >= 0.3 is 0 Å². The fourth-order valence-electron chi connectivity index (χ4n) is 3.48. The molecule has 2 aromatic rings. The predicted octanol–water partition coefficient (Wildman–Crippen LogP) is 2.48. The Labute approximate surface area is 170 Å². The first-order valence-corrected chi connectivity index (χ1v) is 10.9. The van der Waals surface area contributed by atoms with Gasteiger partial charge in [-0.05, 0) is 35.6 Å². The van der Waals surface area contributed by atoms with Gasteiger partial charge in [-0.1, -0.05) is 48.5 Å². The third kappa shape index (κ3) is 4.75. The zero-order valence-electron chi connectivity index (χ0n) is 16.0. The number of benzene rings is 2. The van der Waals surface area contributed by atoms with Gasteiger partial charge in [0.1, 0.15) is 6.04 Å². The van der Waals surface area contributed by atoms with Crippen LogP contribution in [0.25, 0.3) is 0 Å². The minimum absolute atomic E-state index is 0.113. The van der Waals surface area contributed by atoms with Gasteiger partial charge in [0.05, 0.1) is 12.6 Å². The summed E-state index contributed by atoms with van der Waals surface area (Å²) in [6.07, 6.45) is 3.12. The molecule has 2 atom stereocenters. The first kappa shape index (κ1) is 20.4. The van der Waals surface area contributed by atoms with Gasteiger partial charge in [0.2, 0.25) is 5.91 Å². The molecular formula is C22H26N2O3S. The van der Waals surface area contributed by atoms with E-state index in [-0.39, 0.29) is 24.5 Å². The summed E-state index contributed by atoms with van der Waals surface area (Å²) >= 11 is 1.67. The van der Waals surface area contributed by atoms with Crippen LogP contribution in [0.1, 0.15) is 27.9 Å². The molecule has 0 bridgehead atoms. The first-order valence-electron chi connectivity index (χ1n) is 9.47. The summed E-state index contributed by atoms with van der Waals surface area (Å²) in [5.74, 6) is 0.518. The summed E-state index contributed by atoms with van der Waals surface area (Å²) in [6, 6.07) is 16.3. The van der Waals surface area contributed by atoms with Crippen LogP contribution in [0.3, 0.4) is 0 Å². The molecule has 1 heterocycles. The topological polar surface area (TPSA) is 69.6 Å². The van der Waals surface area contributed by atoms with Crippen LogP contribution < -0.4 is 5.32 Å². The number of hydrogen-bond donors (Lipinski definition) is 2.